The van der Waals surface area contributed by atoms with E-state index in [2.05, 4.69) is 5.32 Å². The lowest BCUT2D eigenvalue weighted by atomic mass is 10.2. The molecular weight excluding hydrogens is 342 g/mol. The highest BCUT2D eigenvalue weighted by Gasteiger charge is 2.07. The van der Waals surface area contributed by atoms with E-state index in [1.165, 1.54) is 0 Å². The Morgan fingerprint density at radius 2 is 1.78 bits per heavy atom. The molecule has 0 saturated carbocycles. The fourth-order valence-electron chi connectivity index (χ4n) is 2.66. The number of aliphatic hydroxyl groups excluding tert-OH is 1. The molecule has 1 heterocycles. The summed E-state index contributed by atoms with van der Waals surface area (Å²) in [6, 6.07) is 21.2. The molecule has 1 amide bonds. The van der Waals surface area contributed by atoms with E-state index < -0.39 is 0 Å². The van der Waals surface area contributed by atoms with Gasteiger partial charge in [0.2, 0.25) is 5.91 Å². The molecule has 5 heteroatoms. The van der Waals surface area contributed by atoms with Crippen LogP contribution in [0, 0.1) is 0 Å². The number of carbonyl (C=O) groups is 1. The van der Waals surface area contributed by atoms with E-state index in [4.69, 9.17) is 14.3 Å². The molecule has 5 nitrogen and oxygen atoms in total. The van der Waals surface area contributed by atoms with Crippen molar-refractivity contribution >= 4 is 5.91 Å². The minimum absolute atomic E-state index is 0.0136. The van der Waals surface area contributed by atoms with Crippen LogP contribution < -0.4 is 10.1 Å². The lowest BCUT2D eigenvalue weighted by molar-refractivity contribution is -0.121. The first-order valence-corrected chi connectivity index (χ1v) is 8.98. The SMILES string of the molecule is O=C(CCc1ccc(-c2ccccc2)o1)NCc1ccc(OCCO)cc1. The van der Waals surface area contributed by atoms with Crippen molar-refractivity contribution in [3.63, 3.8) is 0 Å². The van der Waals surface area contributed by atoms with Gasteiger partial charge < -0.3 is 19.6 Å². The third-order valence-electron chi connectivity index (χ3n) is 4.09. The van der Waals surface area contributed by atoms with Crippen LogP contribution in [0.3, 0.4) is 0 Å². The summed E-state index contributed by atoms with van der Waals surface area (Å²) < 4.78 is 11.1. The van der Waals surface area contributed by atoms with Gasteiger partial charge in [-0.25, -0.2) is 0 Å². The van der Waals surface area contributed by atoms with E-state index >= 15 is 0 Å². The van der Waals surface area contributed by atoms with Crippen molar-refractivity contribution in [2.45, 2.75) is 19.4 Å². The van der Waals surface area contributed by atoms with Gasteiger partial charge in [0, 0.05) is 24.9 Å². The van der Waals surface area contributed by atoms with Crippen LogP contribution in [0.1, 0.15) is 17.7 Å². The van der Waals surface area contributed by atoms with Gasteiger partial charge in [-0.3, -0.25) is 4.79 Å². The fraction of sp³-hybridized carbons (Fsp3) is 0.227. The summed E-state index contributed by atoms with van der Waals surface area (Å²) in [6.45, 7) is 0.724. The minimum Gasteiger partial charge on any atom is -0.491 e. The Hall–Kier alpha value is -3.05. The molecule has 0 atom stereocenters. The van der Waals surface area contributed by atoms with Crippen molar-refractivity contribution in [1.82, 2.24) is 5.32 Å². The van der Waals surface area contributed by atoms with Gasteiger partial charge in [-0.1, -0.05) is 42.5 Å². The van der Waals surface area contributed by atoms with Crippen LogP contribution in [0.5, 0.6) is 5.75 Å². The van der Waals surface area contributed by atoms with Crippen LogP contribution in [-0.2, 0) is 17.8 Å². The van der Waals surface area contributed by atoms with E-state index in [0.717, 1.165) is 22.6 Å². The second kappa shape index (κ2) is 9.59. The van der Waals surface area contributed by atoms with Gasteiger partial charge in [0.25, 0.3) is 0 Å². The normalized spacial score (nSPS) is 10.6. The molecule has 1 aromatic heterocycles. The van der Waals surface area contributed by atoms with E-state index in [9.17, 15) is 4.79 Å². The van der Waals surface area contributed by atoms with E-state index in [-0.39, 0.29) is 19.1 Å². The van der Waals surface area contributed by atoms with Crippen molar-refractivity contribution in [2.24, 2.45) is 0 Å². The summed E-state index contributed by atoms with van der Waals surface area (Å²) in [5.41, 5.74) is 2.02. The molecule has 0 aliphatic rings. The maximum Gasteiger partial charge on any atom is 0.220 e. The van der Waals surface area contributed by atoms with Gasteiger partial charge in [0.05, 0.1) is 6.61 Å². The van der Waals surface area contributed by atoms with Gasteiger partial charge in [-0.15, -0.1) is 0 Å². The van der Waals surface area contributed by atoms with Crippen LogP contribution in [0.15, 0.2) is 71.1 Å². The number of rotatable bonds is 9. The molecule has 0 spiro atoms. The zero-order valence-corrected chi connectivity index (χ0v) is 15.1. The predicted octanol–water partition coefficient (Wildman–Crippen LogP) is 3.57. The van der Waals surface area contributed by atoms with Crippen LogP contribution in [0.25, 0.3) is 11.3 Å². The first-order chi connectivity index (χ1) is 13.2. The summed E-state index contributed by atoms with van der Waals surface area (Å²) in [6.07, 6.45) is 0.937. The summed E-state index contributed by atoms with van der Waals surface area (Å²) >= 11 is 0. The summed E-state index contributed by atoms with van der Waals surface area (Å²) in [7, 11) is 0. The Kier molecular flexibility index (Phi) is 6.66. The number of amides is 1. The van der Waals surface area contributed by atoms with Gasteiger partial charge in [-0.2, -0.15) is 0 Å². The maximum absolute atomic E-state index is 12.1. The van der Waals surface area contributed by atoms with Gasteiger partial charge in [0.1, 0.15) is 23.9 Å². The number of carbonyl (C=O) groups excluding carboxylic acids is 1. The molecule has 3 aromatic rings. The number of furan rings is 1. The Morgan fingerprint density at radius 1 is 1.00 bits per heavy atom. The lowest BCUT2D eigenvalue weighted by Crippen LogP contribution is -2.22. The summed E-state index contributed by atoms with van der Waals surface area (Å²) in [5, 5.41) is 11.6. The molecule has 0 aliphatic heterocycles. The molecule has 140 valence electrons. The smallest absolute Gasteiger partial charge is 0.220 e. The van der Waals surface area contributed by atoms with Crippen LogP contribution in [-0.4, -0.2) is 24.2 Å². The van der Waals surface area contributed by atoms with Crippen LogP contribution >= 0.6 is 0 Å². The van der Waals surface area contributed by atoms with Crippen molar-refractivity contribution in [2.75, 3.05) is 13.2 Å². The average molecular weight is 365 g/mol. The monoisotopic (exact) mass is 365 g/mol. The Balaban J connectivity index is 1.43. The summed E-state index contributed by atoms with van der Waals surface area (Å²) in [5.74, 6) is 2.29. The van der Waals surface area contributed by atoms with Crippen molar-refractivity contribution < 1.29 is 19.1 Å². The van der Waals surface area contributed by atoms with Crippen molar-refractivity contribution in [1.29, 1.82) is 0 Å². The lowest BCUT2D eigenvalue weighted by Gasteiger charge is -2.07. The Morgan fingerprint density at radius 3 is 2.52 bits per heavy atom. The molecule has 3 rings (SSSR count). The molecule has 0 radical (unpaired) electrons. The highest BCUT2D eigenvalue weighted by atomic mass is 16.5. The van der Waals surface area contributed by atoms with Gasteiger partial charge in [-0.05, 0) is 29.8 Å². The number of hydrogen-bond acceptors (Lipinski definition) is 4. The number of hydrogen-bond donors (Lipinski definition) is 2. The average Bonchev–Trinajstić information content (AvgIpc) is 3.20. The molecule has 0 unspecified atom stereocenters. The highest BCUT2D eigenvalue weighted by molar-refractivity contribution is 5.76. The molecular formula is C22H23NO4. The molecule has 27 heavy (non-hydrogen) atoms. The van der Waals surface area contributed by atoms with Gasteiger partial charge >= 0.3 is 0 Å². The van der Waals surface area contributed by atoms with Crippen molar-refractivity contribution in [3.8, 4) is 17.1 Å². The molecule has 0 bridgehead atoms. The number of aliphatic hydroxyl groups is 1. The van der Waals surface area contributed by atoms with Crippen LogP contribution in [0.2, 0.25) is 0 Å². The zero-order valence-electron chi connectivity index (χ0n) is 15.1. The maximum atomic E-state index is 12.1. The molecule has 0 saturated heterocycles. The highest BCUT2D eigenvalue weighted by Crippen LogP contribution is 2.22. The topological polar surface area (TPSA) is 71.7 Å². The number of aryl methyl sites for hydroxylation is 1. The third kappa shape index (κ3) is 5.72. The molecule has 0 aliphatic carbocycles. The quantitative estimate of drug-likeness (QED) is 0.608. The fourth-order valence-corrected chi connectivity index (χ4v) is 2.66. The largest absolute Gasteiger partial charge is 0.491 e. The van der Waals surface area contributed by atoms with Gasteiger partial charge in [0.15, 0.2) is 0 Å². The Bertz CT molecular complexity index is 840. The minimum atomic E-state index is -0.0201. The number of nitrogens with one attached hydrogen (secondary N) is 1. The first-order valence-electron chi connectivity index (χ1n) is 8.98. The number of benzene rings is 2. The number of ether oxygens (including phenoxy) is 1. The van der Waals surface area contributed by atoms with E-state index in [0.29, 0.717) is 25.1 Å². The van der Waals surface area contributed by atoms with Crippen LogP contribution in [0.4, 0.5) is 0 Å². The molecule has 2 aromatic carbocycles. The Labute approximate surface area is 158 Å². The predicted molar refractivity (Wildman–Crippen MR) is 103 cm³/mol. The second-order valence-electron chi connectivity index (χ2n) is 6.12. The second-order valence-corrected chi connectivity index (χ2v) is 6.12. The van der Waals surface area contributed by atoms with Crippen molar-refractivity contribution in [3.05, 3.63) is 78.1 Å². The van der Waals surface area contributed by atoms with E-state index in [1.54, 1.807) is 0 Å². The zero-order chi connectivity index (χ0) is 18.9. The molecule has 2 N–H and O–H groups in total. The first kappa shape index (κ1) is 18.7. The summed E-state index contributed by atoms with van der Waals surface area (Å²) in [4.78, 5) is 12.1. The molecule has 0 fully saturated rings. The standard InChI is InChI=1S/C22H23NO4/c24-14-15-26-19-8-6-17(7-9-19)16-23-22(25)13-11-20-10-12-21(27-20)18-4-2-1-3-5-18/h1-10,12,24H,11,13-16H2,(H,23,25). The van der Waals surface area contributed by atoms with E-state index in [1.807, 2.05) is 66.7 Å². The third-order valence-corrected chi connectivity index (χ3v) is 4.09.